The molecule has 2 N–H and O–H groups in total. The zero-order valence-electron chi connectivity index (χ0n) is 14.5. The van der Waals surface area contributed by atoms with Gasteiger partial charge in [-0.15, -0.1) is 11.6 Å². The van der Waals surface area contributed by atoms with E-state index in [1.165, 1.54) is 12.8 Å². The van der Waals surface area contributed by atoms with Gasteiger partial charge in [-0.2, -0.15) is 0 Å². The quantitative estimate of drug-likeness (QED) is 0.275. The van der Waals surface area contributed by atoms with Crippen molar-refractivity contribution < 1.29 is 9.53 Å². The maximum absolute atomic E-state index is 12.3. The number of nitrogens with two attached hydrogens (primary N) is 1. The van der Waals surface area contributed by atoms with Gasteiger partial charge in [0.25, 0.3) is 0 Å². The molecule has 0 radical (unpaired) electrons. The van der Waals surface area contributed by atoms with Gasteiger partial charge in [-0.3, -0.25) is 4.99 Å². The minimum absolute atomic E-state index is 0.320. The van der Waals surface area contributed by atoms with Crippen molar-refractivity contribution in [1.82, 2.24) is 0 Å². The van der Waals surface area contributed by atoms with Crippen LogP contribution in [0.3, 0.4) is 0 Å². The van der Waals surface area contributed by atoms with Gasteiger partial charge in [-0.25, -0.2) is 4.79 Å². The smallest absolute Gasteiger partial charge is 0.338 e. The van der Waals surface area contributed by atoms with E-state index < -0.39 is 0 Å². The summed E-state index contributed by atoms with van der Waals surface area (Å²) in [5, 5.41) is 0. The van der Waals surface area contributed by atoms with Crippen LogP contribution in [0, 0.1) is 0 Å². The number of aliphatic imine (C=N–C) groups is 1. The molecule has 0 spiro atoms. The minimum atomic E-state index is -0.320. The Bertz CT molecular complexity index is 620. The molecule has 1 aromatic carbocycles. The summed E-state index contributed by atoms with van der Waals surface area (Å²) in [7, 11) is 0. The molecule has 1 aliphatic rings. The summed E-state index contributed by atoms with van der Waals surface area (Å²) < 4.78 is 6.08. The normalized spacial score (nSPS) is 15.2. The fourth-order valence-electron chi connectivity index (χ4n) is 2.87. The molecular weight excluding hydrogens is 404 g/mol. The van der Waals surface area contributed by atoms with E-state index in [1.807, 2.05) is 6.07 Å². The van der Waals surface area contributed by atoms with Crippen LogP contribution in [0.4, 0.5) is 5.69 Å². The third kappa shape index (κ3) is 6.30. The summed E-state index contributed by atoms with van der Waals surface area (Å²) in [4.78, 5) is 17.1. The zero-order valence-corrected chi connectivity index (χ0v) is 16.9. The highest BCUT2D eigenvalue weighted by Gasteiger charge is 2.17. The largest absolute Gasteiger partial charge is 0.462 e. The molecule has 1 heterocycles. The first-order valence-electron chi connectivity index (χ1n) is 8.99. The lowest BCUT2D eigenvalue weighted by Crippen LogP contribution is -2.12. The average molecular weight is 430 g/mol. The Balaban J connectivity index is 2.12. The van der Waals surface area contributed by atoms with Crippen molar-refractivity contribution in [2.45, 2.75) is 51.4 Å². The predicted molar refractivity (Wildman–Crippen MR) is 108 cm³/mol. The number of nitrogen functional groups attached to an aromatic ring is 1. The number of hydrogen-bond acceptors (Lipinski definition) is 4. The van der Waals surface area contributed by atoms with Crippen molar-refractivity contribution in [3.05, 3.63) is 27.7 Å². The molecule has 0 amide bonds. The summed E-state index contributed by atoms with van der Waals surface area (Å²) in [5.74, 6) is 0.323. The number of hydrogen-bond donors (Lipinski definition) is 1. The van der Waals surface area contributed by atoms with Crippen LogP contribution in [-0.2, 0) is 4.74 Å². The predicted octanol–water partition coefficient (Wildman–Crippen LogP) is 5.35. The summed E-state index contributed by atoms with van der Waals surface area (Å²) in [6.45, 7) is 1.23. The minimum Gasteiger partial charge on any atom is -0.462 e. The molecule has 0 saturated carbocycles. The maximum Gasteiger partial charge on any atom is 0.338 e. The molecular formula is C19H26BrClN2O2. The van der Waals surface area contributed by atoms with Gasteiger partial charge in [0, 0.05) is 28.2 Å². The molecule has 0 fully saturated rings. The second-order valence-electron chi connectivity index (χ2n) is 6.30. The van der Waals surface area contributed by atoms with E-state index in [-0.39, 0.29) is 5.97 Å². The zero-order chi connectivity index (χ0) is 18.1. The van der Waals surface area contributed by atoms with Crippen molar-refractivity contribution in [1.29, 1.82) is 0 Å². The highest BCUT2D eigenvalue weighted by atomic mass is 79.9. The molecule has 0 aromatic heterocycles. The fraction of sp³-hybridized carbons (Fsp3) is 0.579. The monoisotopic (exact) mass is 428 g/mol. The number of ether oxygens (including phenoxy) is 1. The van der Waals surface area contributed by atoms with Crippen molar-refractivity contribution in [2.75, 3.05) is 24.8 Å². The second kappa shape index (κ2) is 10.8. The Kier molecular flexibility index (Phi) is 8.76. The summed E-state index contributed by atoms with van der Waals surface area (Å²) in [6, 6.07) is 3.55. The standard InChI is InChI=1S/C19H26BrClN2O2/c20-16-13-14(19(24)25-11-7-3-5-9-21)12-15(18(16)22)17-8-4-1-2-6-10-23-17/h12-13H,1-11,22H2. The van der Waals surface area contributed by atoms with Crippen LogP contribution < -0.4 is 5.73 Å². The Hall–Kier alpha value is -1.07. The lowest BCUT2D eigenvalue weighted by Gasteiger charge is -2.15. The molecule has 0 saturated heterocycles. The van der Waals surface area contributed by atoms with Gasteiger partial charge >= 0.3 is 5.97 Å². The van der Waals surface area contributed by atoms with Gasteiger partial charge in [0.05, 0.1) is 17.9 Å². The number of esters is 1. The van der Waals surface area contributed by atoms with E-state index in [4.69, 9.17) is 27.1 Å². The highest BCUT2D eigenvalue weighted by Crippen LogP contribution is 2.28. The number of unbranched alkanes of at least 4 members (excludes halogenated alkanes) is 2. The van der Waals surface area contributed by atoms with Gasteiger partial charge in [0.1, 0.15) is 0 Å². The Morgan fingerprint density at radius 2 is 2.00 bits per heavy atom. The molecule has 2 rings (SSSR count). The Morgan fingerprint density at radius 3 is 2.80 bits per heavy atom. The van der Waals surface area contributed by atoms with E-state index in [0.717, 1.165) is 56.3 Å². The number of alkyl halides is 1. The van der Waals surface area contributed by atoms with Crippen LogP contribution in [0.15, 0.2) is 21.6 Å². The van der Waals surface area contributed by atoms with Crippen molar-refractivity contribution in [3.8, 4) is 0 Å². The van der Waals surface area contributed by atoms with E-state index in [0.29, 0.717) is 28.2 Å². The van der Waals surface area contributed by atoms with Gasteiger partial charge in [0.2, 0.25) is 0 Å². The van der Waals surface area contributed by atoms with E-state index in [9.17, 15) is 4.79 Å². The van der Waals surface area contributed by atoms with Gasteiger partial charge in [0.15, 0.2) is 0 Å². The lowest BCUT2D eigenvalue weighted by atomic mass is 9.98. The molecule has 0 aliphatic carbocycles. The molecule has 6 heteroatoms. The van der Waals surface area contributed by atoms with Crippen LogP contribution in [0.2, 0.25) is 0 Å². The number of rotatable bonds is 7. The first kappa shape index (κ1) is 20.2. The van der Waals surface area contributed by atoms with Crippen LogP contribution >= 0.6 is 27.5 Å². The number of halogens is 2. The van der Waals surface area contributed by atoms with Crippen LogP contribution in [0.5, 0.6) is 0 Å². The molecule has 0 atom stereocenters. The summed E-state index contributed by atoms with van der Waals surface area (Å²) in [5.41, 5.74) is 9.23. The highest BCUT2D eigenvalue weighted by molar-refractivity contribution is 9.10. The SMILES string of the molecule is Nc1c(Br)cc(C(=O)OCCCCCCl)cc1C1=NCCCCCC1. The van der Waals surface area contributed by atoms with Crippen LogP contribution in [-0.4, -0.2) is 30.7 Å². The first-order chi connectivity index (χ1) is 12.1. The van der Waals surface area contributed by atoms with Gasteiger partial charge in [-0.05, 0) is 66.6 Å². The maximum atomic E-state index is 12.3. The average Bonchev–Trinajstić information content (AvgIpc) is 2.57. The molecule has 1 aromatic rings. The molecule has 138 valence electrons. The third-order valence-corrected chi connectivity index (χ3v) is 5.23. The van der Waals surface area contributed by atoms with Crippen molar-refractivity contribution in [2.24, 2.45) is 4.99 Å². The van der Waals surface area contributed by atoms with Crippen LogP contribution in [0.1, 0.15) is 67.3 Å². The topological polar surface area (TPSA) is 64.7 Å². The molecule has 0 bridgehead atoms. The first-order valence-corrected chi connectivity index (χ1v) is 10.3. The number of carbonyl (C=O) groups is 1. The molecule has 0 unspecified atom stereocenters. The molecule has 4 nitrogen and oxygen atoms in total. The lowest BCUT2D eigenvalue weighted by molar-refractivity contribution is 0.0498. The Morgan fingerprint density at radius 1 is 1.20 bits per heavy atom. The second-order valence-corrected chi connectivity index (χ2v) is 7.53. The number of benzene rings is 1. The summed E-state index contributed by atoms with van der Waals surface area (Å²) >= 11 is 9.11. The third-order valence-electron chi connectivity index (χ3n) is 4.31. The number of carbonyl (C=O) groups excluding carboxylic acids is 1. The van der Waals surface area contributed by atoms with Gasteiger partial charge < -0.3 is 10.5 Å². The molecule has 1 aliphatic heterocycles. The van der Waals surface area contributed by atoms with Crippen molar-refractivity contribution in [3.63, 3.8) is 0 Å². The number of nitrogens with zero attached hydrogens (tertiary/aromatic N) is 1. The van der Waals surface area contributed by atoms with E-state index >= 15 is 0 Å². The van der Waals surface area contributed by atoms with Gasteiger partial charge in [-0.1, -0.05) is 12.8 Å². The van der Waals surface area contributed by atoms with Crippen LogP contribution in [0.25, 0.3) is 0 Å². The Labute approximate surface area is 163 Å². The summed E-state index contributed by atoms with van der Waals surface area (Å²) in [6.07, 6.45) is 8.28. The van der Waals surface area contributed by atoms with Crippen molar-refractivity contribution >= 4 is 44.9 Å². The van der Waals surface area contributed by atoms with E-state index in [2.05, 4.69) is 15.9 Å². The molecule has 25 heavy (non-hydrogen) atoms. The van der Waals surface area contributed by atoms with E-state index in [1.54, 1.807) is 6.07 Å². The number of anilines is 1. The fourth-order valence-corrected chi connectivity index (χ4v) is 3.52.